The van der Waals surface area contributed by atoms with Gasteiger partial charge in [0.25, 0.3) is 0 Å². The molecule has 15 heavy (non-hydrogen) atoms. The van der Waals surface area contributed by atoms with Crippen LogP contribution in [0.25, 0.3) is 0 Å². The van der Waals surface area contributed by atoms with Gasteiger partial charge in [0.1, 0.15) is 18.3 Å². The molecule has 0 aromatic heterocycles. The van der Waals surface area contributed by atoms with E-state index in [4.69, 9.17) is 9.84 Å². The van der Waals surface area contributed by atoms with Crippen LogP contribution < -0.4 is 5.32 Å². The number of carbonyl (C=O) groups excluding carboxylic acids is 1. The molecule has 1 aliphatic rings. The lowest BCUT2D eigenvalue weighted by Crippen LogP contribution is -2.64. The summed E-state index contributed by atoms with van der Waals surface area (Å²) in [5.41, 5.74) is 0. The van der Waals surface area contributed by atoms with Crippen molar-refractivity contribution in [1.82, 2.24) is 5.32 Å². The average Bonchev–Trinajstić information content (AvgIpc) is 2.18. The molecule has 1 aliphatic heterocycles. The first-order valence-electron chi connectivity index (χ1n) is 4.55. The Hall–Kier alpha value is -0.730. The molecule has 1 rings (SSSR count). The number of amides is 1. The number of carbonyl (C=O) groups is 1. The summed E-state index contributed by atoms with van der Waals surface area (Å²) in [6.45, 7) is 0.705. The van der Waals surface area contributed by atoms with Crippen LogP contribution in [0, 0.1) is 0 Å². The third kappa shape index (κ3) is 2.64. The van der Waals surface area contributed by atoms with E-state index in [-0.39, 0.29) is 0 Å². The van der Waals surface area contributed by atoms with E-state index < -0.39 is 43.2 Å². The van der Waals surface area contributed by atoms with E-state index in [1.165, 1.54) is 6.92 Å². The molecule has 0 aromatic rings. The standard InChI is InChI=1S/C8H15NO6/c1-3(11)9-5-6(12)4(2-10)15-8(14)7(5)13/h4-8,10,12-14H,2H2,1H3,(H,9,11)/t4?,5-,6+,7?,8-/m0/s1. The Morgan fingerprint density at radius 2 is 1.93 bits per heavy atom. The molecule has 1 heterocycles. The van der Waals surface area contributed by atoms with E-state index in [1.54, 1.807) is 0 Å². The van der Waals surface area contributed by atoms with Crippen molar-refractivity contribution in [3.05, 3.63) is 0 Å². The van der Waals surface area contributed by atoms with Gasteiger partial charge in [-0.05, 0) is 0 Å². The van der Waals surface area contributed by atoms with Crippen molar-refractivity contribution >= 4 is 5.91 Å². The zero-order valence-corrected chi connectivity index (χ0v) is 8.20. The molecule has 0 spiro atoms. The molecular formula is C8H15NO6. The van der Waals surface area contributed by atoms with Crippen molar-refractivity contribution in [1.29, 1.82) is 0 Å². The van der Waals surface area contributed by atoms with Crippen LogP contribution in [0.3, 0.4) is 0 Å². The molecule has 0 aliphatic carbocycles. The van der Waals surface area contributed by atoms with E-state index in [1.807, 2.05) is 0 Å². The van der Waals surface area contributed by atoms with Crippen molar-refractivity contribution in [2.45, 2.75) is 37.6 Å². The summed E-state index contributed by atoms with van der Waals surface area (Å²) >= 11 is 0. The molecule has 7 heteroatoms. The summed E-state index contributed by atoms with van der Waals surface area (Å²) in [4.78, 5) is 10.8. The predicted octanol–water partition coefficient (Wildman–Crippen LogP) is -3.08. The molecule has 88 valence electrons. The van der Waals surface area contributed by atoms with Crippen molar-refractivity contribution in [2.75, 3.05) is 6.61 Å². The maximum Gasteiger partial charge on any atom is 0.217 e. The van der Waals surface area contributed by atoms with Gasteiger partial charge in [-0.15, -0.1) is 0 Å². The average molecular weight is 221 g/mol. The molecule has 0 saturated carbocycles. The van der Waals surface area contributed by atoms with Gasteiger partial charge >= 0.3 is 0 Å². The van der Waals surface area contributed by atoms with Gasteiger partial charge in [-0.1, -0.05) is 0 Å². The molecule has 7 nitrogen and oxygen atoms in total. The van der Waals surface area contributed by atoms with Crippen LogP contribution in [0.1, 0.15) is 6.92 Å². The van der Waals surface area contributed by atoms with Crippen molar-refractivity contribution in [2.24, 2.45) is 0 Å². The number of aliphatic hydroxyl groups excluding tert-OH is 4. The van der Waals surface area contributed by atoms with Gasteiger partial charge in [-0.25, -0.2) is 0 Å². The molecule has 1 fully saturated rings. The van der Waals surface area contributed by atoms with Crippen molar-refractivity contribution < 1.29 is 30.0 Å². The van der Waals surface area contributed by atoms with Crippen LogP contribution in [0.2, 0.25) is 0 Å². The van der Waals surface area contributed by atoms with E-state index in [0.717, 1.165) is 0 Å². The third-order valence-electron chi connectivity index (χ3n) is 2.27. The first kappa shape index (κ1) is 12.3. The van der Waals surface area contributed by atoms with Crippen LogP contribution in [-0.2, 0) is 9.53 Å². The lowest BCUT2D eigenvalue weighted by Gasteiger charge is -2.40. The van der Waals surface area contributed by atoms with E-state index in [9.17, 15) is 20.1 Å². The summed E-state index contributed by atoms with van der Waals surface area (Å²) in [5.74, 6) is -0.455. The SMILES string of the molecule is CC(=O)N[C@@H]1C(O)[C@@H](O)OC(CO)[C@H]1O. The lowest BCUT2D eigenvalue weighted by molar-refractivity contribution is -0.261. The largest absolute Gasteiger partial charge is 0.394 e. The second-order valence-electron chi connectivity index (χ2n) is 3.46. The first-order valence-corrected chi connectivity index (χ1v) is 4.55. The number of rotatable bonds is 2. The molecule has 0 radical (unpaired) electrons. The highest BCUT2D eigenvalue weighted by Gasteiger charge is 2.43. The summed E-state index contributed by atoms with van der Waals surface area (Å²) in [5, 5.41) is 39.4. The zero-order valence-electron chi connectivity index (χ0n) is 8.20. The maximum absolute atomic E-state index is 10.8. The number of ether oxygens (including phenoxy) is 1. The highest BCUT2D eigenvalue weighted by molar-refractivity contribution is 5.73. The summed E-state index contributed by atoms with van der Waals surface area (Å²) in [7, 11) is 0. The molecule has 2 unspecified atom stereocenters. The topological polar surface area (TPSA) is 119 Å². The highest BCUT2D eigenvalue weighted by Crippen LogP contribution is 2.19. The molecule has 0 bridgehead atoms. The van der Waals surface area contributed by atoms with Crippen LogP contribution >= 0.6 is 0 Å². The van der Waals surface area contributed by atoms with E-state index >= 15 is 0 Å². The minimum absolute atomic E-state index is 0.455. The van der Waals surface area contributed by atoms with Gasteiger partial charge in [0.05, 0.1) is 12.6 Å². The van der Waals surface area contributed by atoms with Crippen LogP contribution in [-0.4, -0.2) is 63.6 Å². The molecule has 5 N–H and O–H groups in total. The summed E-state index contributed by atoms with van der Waals surface area (Å²) in [6.07, 6.45) is -5.26. The smallest absolute Gasteiger partial charge is 0.217 e. The number of nitrogens with one attached hydrogen (secondary N) is 1. The third-order valence-corrected chi connectivity index (χ3v) is 2.27. The number of hydrogen-bond acceptors (Lipinski definition) is 6. The Bertz CT molecular complexity index is 235. The van der Waals surface area contributed by atoms with Gasteiger partial charge < -0.3 is 30.5 Å². The Balaban J connectivity index is 2.74. The lowest BCUT2D eigenvalue weighted by atomic mass is 9.96. The Kier molecular flexibility index (Phi) is 4.00. The van der Waals surface area contributed by atoms with E-state index in [0.29, 0.717) is 0 Å². The van der Waals surface area contributed by atoms with Gasteiger partial charge in [0, 0.05) is 6.92 Å². The fourth-order valence-corrected chi connectivity index (χ4v) is 1.51. The van der Waals surface area contributed by atoms with Gasteiger partial charge in [-0.2, -0.15) is 0 Å². The van der Waals surface area contributed by atoms with E-state index in [2.05, 4.69) is 5.32 Å². The number of hydrogen-bond donors (Lipinski definition) is 5. The Labute approximate surface area is 86.3 Å². The Morgan fingerprint density at radius 3 is 2.40 bits per heavy atom. The van der Waals surface area contributed by atoms with Crippen molar-refractivity contribution in [3.8, 4) is 0 Å². The molecule has 5 atom stereocenters. The first-order chi connectivity index (χ1) is 6.97. The fraction of sp³-hybridized carbons (Fsp3) is 0.875. The molecule has 1 amide bonds. The van der Waals surface area contributed by atoms with Gasteiger partial charge in [0.15, 0.2) is 6.29 Å². The van der Waals surface area contributed by atoms with Crippen LogP contribution in [0.4, 0.5) is 0 Å². The normalized spacial score (nSPS) is 41.3. The summed E-state index contributed by atoms with van der Waals surface area (Å²) in [6, 6.07) is -1.05. The van der Waals surface area contributed by atoms with Gasteiger partial charge in [0.2, 0.25) is 5.91 Å². The monoisotopic (exact) mass is 221 g/mol. The van der Waals surface area contributed by atoms with Crippen molar-refractivity contribution in [3.63, 3.8) is 0 Å². The molecular weight excluding hydrogens is 206 g/mol. The second kappa shape index (κ2) is 4.86. The number of aliphatic hydroxyl groups is 4. The predicted molar refractivity (Wildman–Crippen MR) is 47.6 cm³/mol. The minimum atomic E-state index is -1.54. The second-order valence-corrected chi connectivity index (χ2v) is 3.46. The maximum atomic E-state index is 10.8. The Morgan fingerprint density at radius 1 is 1.33 bits per heavy atom. The van der Waals surface area contributed by atoms with Crippen LogP contribution in [0.15, 0.2) is 0 Å². The fourth-order valence-electron chi connectivity index (χ4n) is 1.51. The summed E-state index contributed by atoms with van der Waals surface area (Å²) < 4.78 is 4.73. The zero-order chi connectivity index (χ0) is 11.6. The quantitative estimate of drug-likeness (QED) is 0.337. The molecule has 1 saturated heterocycles. The molecule has 0 aromatic carbocycles. The van der Waals surface area contributed by atoms with Crippen LogP contribution in [0.5, 0.6) is 0 Å². The van der Waals surface area contributed by atoms with Gasteiger partial charge in [-0.3, -0.25) is 4.79 Å². The highest BCUT2D eigenvalue weighted by atomic mass is 16.6. The minimum Gasteiger partial charge on any atom is -0.394 e.